The van der Waals surface area contributed by atoms with E-state index in [1.807, 2.05) is 66.7 Å². The molecule has 2 aromatic carbocycles. The van der Waals surface area contributed by atoms with E-state index in [1.54, 1.807) is 11.9 Å². The summed E-state index contributed by atoms with van der Waals surface area (Å²) in [5.74, 6) is 0.753. The van der Waals surface area contributed by atoms with Crippen LogP contribution >= 0.6 is 22.9 Å². The zero-order chi connectivity index (χ0) is 17.6. The molecule has 3 nitrogen and oxygen atoms in total. The highest BCUT2D eigenvalue weighted by atomic mass is 35.5. The first-order chi connectivity index (χ1) is 12.1. The summed E-state index contributed by atoms with van der Waals surface area (Å²) in [5, 5.41) is 0. The Morgan fingerprint density at radius 1 is 1.04 bits per heavy atom. The number of para-hydroxylation sites is 1. The number of ether oxygens (including phenoxy) is 1. The summed E-state index contributed by atoms with van der Waals surface area (Å²) in [6, 6.07) is 20.9. The zero-order valence-electron chi connectivity index (χ0n) is 13.8. The van der Waals surface area contributed by atoms with Crippen molar-refractivity contribution in [2.45, 2.75) is 13.2 Å². The lowest BCUT2D eigenvalue weighted by atomic mass is 10.1. The lowest BCUT2D eigenvalue weighted by Crippen LogP contribution is -2.27. The maximum atomic E-state index is 12.8. The Kier molecular flexibility index (Phi) is 5.74. The van der Waals surface area contributed by atoms with Crippen LogP contribution in [0.3, 0.4) is 0 Å². The van der Waals surface area contributed by atoms with Gasteiger partial charge in [-0.3, -0.25) is 4.79 Å². The molecule has 0 fully saturated rings. The van der Waals surface area contributed by atoms with Crippen molar-refractivity contribution in [3.8, 4) is 5.75 Å². The summed E-state index contributed by atoms with van der Waals surface area (Å²) in [5.41, 5.74) is 1.52. The molecule has 0 aliphatic rings. The first-order valence-electron chi connectivity index (χ1n) is 7.89. The Hall–Kier alpha value is -2.30. The number of thiophene rings is 1. The van der Waals surface area contributed by atoms with E-state index >= 15 is 0 Å². The third-order valence-corrected chi connectivity index (χ3v) is 4.97. The fourth-order valence-electron chi connectivity index (χ4n) is 2.48. The fourth-order valence-corrected chi connectivity index (χ4v) is 3.62. The topological polar surface area (TPSA) is 29.5 Å². The van der Waals surface area contributed by atoms with Gasteiger partial charge in [-0.15, -0.1) is 11.3 Å². The van der Waals surface area contributed by atoms with E-state index in [0.717, 1.165) is 20.5 Å². The van der Waals surface area contributed by atoms with Crippen LogP contribution in [-0.4, -0.2) is 17.9 Å². The zero-order valence-corrected chi connectivity index (χ0v) is 15.4. The molecule has 0 saturated carbocycles. The maximum absolute atomic E-state index is 12.8. The molecule has 0 spiro atoms. The van der Waals surface area contributed by atoms with Crippen molar-refractivity contribution in [1.82, 2.24) is 4.90 Å². The normalized spacial score (nSPS) is 10.5. The van der Waals surface area contributed by atoms with Crippen molar-refractivity contribution >= 4 is 28.8 Å². The Morgan fingerprint density at radius 3 is 2.48 bits per heavy atom. The third-order valence-electron chi connectivity index (χ3n) is 3.75. The Bertz CT molecular complexity index is 848. The van der Waals surface area contributed by atoms with Crippen molar-refractivity contribution < 1.29 is 9.53 Å². The second-order valence-electron chi connectivity index (χ2n) is 5.63. The number of carbonyl (C=O) groups excluding carboxylic acids is 1. The van der Waals surface area contributed by atoms with Gasteiger partial charge in [0.1, 0.15) is 12.4 Å². The SMILES string of the molecule is CN(Cc1ccc(Cl)s1)C(=O)c1ccccc1COc1ccccc1. The summed E-state index contributed by atoms with van der Waals surface area (Å²) >= 11 is 7.45. The van der Waals surface area contributed by atoms with Gasteiger partial charge in [0.05, 0.1) is 10.9 Å². The average Bonchev–Trinajstić information content (AvgIpc) is 3.05. The second-order valence-corrected chi connectivity index (χ2v) is 7.43. The largest absolute Gasteiger partial charge is 0.489 e. The van der Waals surface area contributed by atoms with Gasteiger partial charge in [0.15, 0.2) is 0 Å². The minimum Gasteiger partial charge on any atom is -0.489 e. The molecule has 25 heavy (non-hydrogen) atoms. The van der Waals surface area contributed by atoms with Gasteiger partial charge in [0, 0.05) is 23.1 Å². The minimum atomic E-state index is -0.0308. The molecule has 1 amide bonds. The van der Waals surface area contributed by atoms with Crippen LogP contribution < -0.4 is 4.74 Å². The van der Waals surface area contributed by atoms with Crippen LogP contribution in [-0.2, 0) is 13.2 Å². The van der Waals surface area contributed by atoms with Gasteiger partial charge in [-0.2, -0.15) is 0 Å². The lowest BCUT2D eigenvalue weighted by molar-refractivity contribution is 0.0783. The molecule has 3 aromatic rings. The summed E-state index contributed by atoms with van der Waals surface area (Å²) < 4.78 is 6.53. The van der Waals surface area contributed by atoms with Crippen LogP contribution in [0.25, 0.3) is 0 Å². The van der Waals surface area contributed by atoms with E-state index in [4.69, 9.17) is 16.3 Å². The summed E-state index contributed by atoms with van der Waals surface area (Å²) in [4.78, 5) is 15.6. The lowest BCUT2D eigenvalue weighted by Gasteiger charge is -2.18. The molecule has 1 aromatic heterocycles. The van der Waals surface area contributed by atoms with Crippen LogP contribution in [0.5, 0.6) is 5.75 Å². The van der Waals surface area contributed by atoms with Gasteiger partial charge in [-0.05, 0) is 30.3 Å². The number of hydrogen-bond donors (Lipinski definition) is 0. The summed E-state index contributed by atoms with van der Waals surface area (Å²) in [6.45, 7) is 0.884. The van der Waals surface area contributed by atoms with Crippen LogP contribution in [0.4, 0.5) is 0 Å². The highest BCUT2D eigenvalue weighted by Gasteiger charge is 2.16. The number of carbonyl (C=O) groups is 1. The van der Waals surface area contributed by atoms with E-state index in [-0.39, 0.29) is 5.91 Å². The highest BCUT2D eigenvalue weighted by molar-refractivity contribution is 7.16. The summed E-state index contributed by atoms with van der Waals surface area (Å²) in [7, 11) is 1.80. The first kappa shape index (κ1) is 17.5. The first-order valence-corrected chi connectivity index (χ1v) is 9.08. The van der Waals surface area contributed by atoms with Crippen molar-refractivity contribution in [2.24, 2.45) is 0 Å². The molecule has 0 saturated heterocycles. The molecule has 5 heteroatoms. The number of rotatable bonds is 6. The molecule has 0 radical (unpaired) electrons. The predicted octanol–water partition coefficient (Wildman–Crippen LogP) is 5.25. The van der Waals surface area contributed by atoms with Crippen LogP contribution in [0.2, 0.25) is 4.34 Å². The molecule has 0 aliphatic heterocycles. The molecular weight excluding hydrogens is 354 g/mol. The fraction of sp³-hybridized carbons (Fsp3) is 0.150. The molecule has 0 N–H and O–H groups in total. The van der Waals surface area contributed by atoms with Gasteiger partial charge in [-0.25, -0.2) is 0 Å². The Morgan fingerprint density at radius 2 is 1.76 bits per heavy atom. The van der Waals surface area contributed by atoms with E-state index in [0.29, 0.717) is 18.7 Å². The number of benzene rings is 2. The van der Waals surface area contributed by atoms with Crippen LogP contribution in [0, 0.1) is 0 Å². The quantitative estimate of drug-likeness (QED) is 0.592. The monoisotopic (exact) mass is 371 g/mol. The van der Waals surface area contributed by atoms with E-state index in [1.165, 1.54) is 11.3 Å². The van der Waals surface area contributed by atoms with Gasteiger partial charge >= 0.3 is 0 Å². The molecule has 1 heterocycles. The molecule has 0 aliphatic carbocycles. The Labute approximate surface area is 156 Å². The predicted molar refractivity (Wildman–Crippen MR) is 102 cm³/mol. The van der Waals surface area contributed by atoms with Crippen LogP contribution in [0.1, 0.15) is 20.8 Å². The van der Waals surface area contributed by atoms with Crippen molar-refractivity contribution in [2.75, 3.05) is 7.05 Å². The smallest absolute Gasteiger partial charge is 0.254 e. The van der Waals surface area contributed by atoms with Gasteiger partial charge < -0.3 is 9.64 Å². The van der Waals surface area contributed by atoms with Crippen molar-refractivity contribution in [3.05, 3.63) is 87.1 Å². The average molecular weight is 372 g/mol. The number of nitrogens with zero attached hydrogens (tertiary/aromatic N) is 1. The molecular formula is C20H18ClNO2S. The molecule has 3 rings (SSSR count). The number of hydrogen-bond acceptors (Lipinski definition) is 3. The van der Waals surface area contributed by atoms with E-state index in [9.17, 15) is 4.79 Å². The Balaban J connectivity index is 1.71. The molecule has 0 unspecified atom stereocenters. The molecule has 0 bridgehead atoms. The molecule has 0 atom stereocenters. The van der Waals surface area contributed by atoms with Crippen LogP contribution in [0.15, 0.2) is 66.7 Å². The third kappa shape index (κ3) is 4.62. The van der Waals surface area contributed by atoms with E-state index in [2.05, 4.69) is 0 Å². The van der Waals surface area contributed by atoms with E-state index < -0.39 is 0 Å². The highest BCUT2D eigenvalue weighted by Crippen LogP contribution is 2.23. The van der Waals surface area contributed by atoms with Gasteiger partial charge in [0.25, 0.3) is 5.91 Å². The number of amides is 1. The maximum Gasteiger partial charge on any atom is 0.254 e. The minimum absolute atomic E-state index is 0.0308. The van der Waals surface area contributed by atoms with Gasteiger partial charge in [-0.1, -0.05) is 48.0 Å². The van der Waals surface area contributed by atoms with Crippen molar-refractivity contribution in [1.29, 1.82) is 0 Å². The second kappa shape index (κ2) is 8.19. The standard InChI is InChI=1S/C20H18ClNO2S/c1-22(13-17-11-12-19(21)25-17)20(23)18-10-6-5-7-15(18)14-24-16-8-3-2-4-9-16/h2-12H,13-14H2,1H3. The van der Waals surface area contributed by atoms with Crippen molar-refractivity contribution in [3.63, 3.8) is 0 Å². The molecule has 128 valence electrons. The van der Waals surface area contributed by atoms with Gasteiger partial charge in [0.2, 0.25) is 0 Å². The number of halogens is 1. The summed E-state index contributed by atoms with van der Waals surface area (Å²) in [6.07, 6.45) is 0.